The normalized spacial score (nSPS) is 10.4. The number of methoxy groups -OCH3 is 1. The Morgan fingerprint density at radius 3 is 2.88 bits per heavy atom. The van der Waals surface area contributed by atoms with Gasteiger partial charge in [-0.25, -0.2) is 9.97 Å². The van der Waals surface area contributed by atoms with E-state index in [1.54, 1.807) is 19.5 Å². The number of benzene rings is 2. The van der Waals surface area contributed by atoms with Crippen molar-refractivity contribution in [2.24, 2.45) is 0 Å². The van der Waals surface area contributed by atoms with Crippen molar-refractivity contribution in [3.63, 3.8) is 0 Å². The third kappa shape index (κ3) is 4.44. The topological polar surface area (TPSA) is 76.1 Å². The number of anilines is 2. The van der Waals surface area contributed by atoms with Gasteiger partial charge in [-0.2, -0.15) is 0 Å². The molecule has 0 spiro atoms. The molecule has 0 atom stereocenters. The molecular formula is C19H20N4O2. The number of hydrogen-bond acceptors (Lipinski definition) is 5. The number of nitrogens with zero attached hydrogens (tertiary/aromatic N) is 2. The van der Waals surface area contributed by atoms with Crippen molar-refractivity contribution in [2.75, 3.05) is 24.3 Å². The lowest BCUT2D eigenvalue weighted by atomic mass is 10.2. The lowest BCUT2D eigenvalue weighted by Crippen LogP contribution is -2.13. The summed E-state index contributed by atoms with van der Waals surface area (Å²) in [5, 5.41) is 7.12. The minimum atomic E-state index is -0.0254. The number of carbonyl (C=O) groups excluding carboxylic acids is 1. The van der Waals surface area contributed by atoms with Crippen molar-refractivity contribution in [3.05, 3.63) is 54.9 Å². The molecule has 3 rings (SSSR count). The molecule has 0 aliphatic rings. The Labute approximate surface area is 146 Å². The maximum atomic E-state index is 12.0. The Kier molecular flexibility index (Phi) is 5.41. The van der Waals surface area contributed by atoms with E-state index >= 15 is 0 Å². The molecule has 0 unspecified atom stereocenters. The second-order valence-corrected chi connectivity index (χ2v) is 5.55. The Balaban J connectivity index is 1.48. The van der Waals surface area contributed by atoms with Crippen LogP contribution in [0.25, 0.3) is 10.9 Å². The minimum absolute atomic E-state index is 0.0254. The van der Waals surface area contributed by atoms with Crippen LogP contribution in [0, 0.1) is 0 Å². The van der Waals surface area contributed by atoms with Gasteiger partial charge in [0.2, 0.25) is 5.91 Å². The molecule has 0 aliphatic heterocycles. The number of rotatable bonds is 7. The zero-order valence-electron chi connectivity index (χ0n) is 14.0. The fourth-order valence-electron chi connectivity index (χ4n) is 2.53. The van der Waals surface area contributed by atoms with Crippen LogP contribution in [0.2, 0.25) is 0 Å². The summed E-state index contributed by atoms with van der Waals surface area (Å²) >= 11 is 0. The van der Waals surface area contributed by atoms with Crippen LogP contribution in [0.4, 0.5) is 11.5 Å². The van der Waals surface area contributed by atoms with Gasteiger partial charge in [0.05, 0.1) is 12.6 Å². The molecule has 3 aromatic rings. The van der Waals surface area contributed by atoms with E-state index in [1.165, 1.54) is 0 Å². The van der Waals surface area contributed by atoms with Gasteiger partial charge in [-0.15, -0.1) is 0 Å². The van der Waals surface area contributed by atoms with Crippen LogP contribution in [0.15, 0.2) is 54.9 Å². The predicted octanol–water partition coefficient (Wildman–Crippen LogP) is 3.47. The van der Waals surface area contributed by atoms with Gasteiger partial charge in [-0.3, -0.25) is 4.79 Å². The fraction of sp³-hybridized carbons (Fsp3) is 0.211. The van der Waals surface area contributed by atoms with Gasteiger partial charge in [0.1, 0.15) is 17.9 Å². The third-order valence-electron chi connectivity index (χ3n) is 3.77. The fourth-order valence-corrected chi connectivity index (χ4v) is 2.53. The van der Waals surface area contributed by atoms with Crippen LogP contribution in [0.1, 0.15) is 12.8 Å². The SMILES string of the molecule is COc1cccc(NC(=O)CCCNc2ncnc3ccccc23)c1. The Morgan fingerprint density at radius 1 is 1.12 bits per heavy atom. The number of ether oxygens (including phenoxy) is 1. The molecule has 0 radical (unpaired) electrons. The first-order chi connectivity index (χ1) is 12.3. The first kappa shape index (κ1) is 16.7. The number of hydrogen-bond donors (Lipinski definition) is 2. The third-order valence-corrected chi connectivity index (χ3v) is 3.77. The number of aromatic nitrogens is 2. The molecule has 6 heteroatoms. The average molecular weight is 336 g/mol. The van der Waals surface area contributed by atoms with Gasteiger partial charge in [0.25, 0.3) is 0 Å². The molecule has 0 fully saturated rings. The summed E-state index contributed by atoms with van der Waals surface area (Å²) in [6.07, 6.45) is 2.67. The summed E-state index contributed by atoms with van der Waals surface area (Å²) in [6, 6.07) is 15.1. The number of para-hydroxylation sites is 1. The Morgan fingerprint density at radius 2 is 2.00 bits per heavy atom. The summed E-state index contributed by atoms with van der Waals surface area (Å²) < 4.78 is 5.15. The van der Waals surface area contributed by atoms with Gasteiger partial charge in [-0.1, -0.05) is 18.2 Å². The van der Waals surface area contributed by atoms with E-state index in [9.17, 15) is 4.79 Å². The number of amides is 1. The molecule has 0 bridgehead atoms. The smallest absolute Gasteiger partial charge is 0.224 e. The standard InChI is InChI=1S/C19H20N4O2/c1-25-15-7-4-6-14(12-15)23-18(24)10-5-11-20-19-16-8-2-3-9-17(16)21-13-22-19/h2-4,6-9,12-13H,5,10-11H2,1H3,(H,23,24)(H,20,21,22). The second-order valence-electron chi connectivity index (χ2n) is 5.55. The van der Waals surface area contributed by atoms with Gasteiger partial charge in [0.15, 0.2) is 0 Å². The van der Waals surface area contributed by atoms with E-state index in [4.69, 9.17) is 4.74 Å². The largest absolute Gasteiger partial charge is 0.497 e. The first-order valence-corrected chi connectivity index (χ1v) is 8.14. The molecule has 1 amide bonds. The van der Waals surface area contributed by atoms with Gasteiger partial charge in [-0.05, 0) is 30.7 Å². The summed E-state index contributed by atoms with van der Waals surface area (Å²) in [5.41, 5.74) is 1.63. The van der Waals surface area contributed by atoms with E-state index < -0.39 is 0 Å². The molecule has 1 aromatic heterocycles. The van der Waals surface area contributed by atoms with Crippen molar-refractivity contribution in [2.45, 2.75) is 12.8 Å². The van der Waals surface area contributed by atoms with Crippen LogP contribution in [-0.2, 0) is 4.79 Å². The maximum absolute atomic E-state index is 12.0. The molecule has 0 aliphatic carbocycles. The molecule has 2 N–H and O–H groups in total. The highest BCUT2D eigenvalue weighted by molar-refractivity contribution is 5.91. The lowest BCUT2D eigenvalue weighted by molar-refractivity contribution is -0.116. The second kappa shape index (κ2) is 8.10. The van der Waals surface area contributed by atoms with Crippen LogP contribution in [0.3, 0.4) is 0 Å². The summed E-state index contributed by atoms with van der Waals surface area (Å²) in [7, 11) is 1.60. The highest BCUT2D eigenvalue weighted by atomic mass is 16.5. The number of carbonyl (C=O) groups is 1. The highest BCUT2D eigenvalue weighted by Gasteiger charge is 2.05. The maximum Gasteiger partial charge on any atom is 0.224 e. The molecule has 2 aromatic carbocycles. The summed E-state index contributed by atoms with van der Waals surface area (Å²) in [5.74, 6) is 1.48. The van der Waals surface area contributed by atoms with E-state index in [0.29, 0.717) is 19.4 Å². The monoisotopic (exact) mass is 336 g/mol. The van der Waals surface area contributed by atoms with E-state index in [-0.39, 0.29) is 5.91 Å². The van der Waals surface area contributed by atoms with E-state index in [2.05, 4.69) is 20.6 Å². The van der Waals surface area contributed by atoms with Gasteiger partial charge in [0, 0.05) is 30.1 Å². The van der Waals surface area contributed by atoms with E-state index in [1.807, 2.05) is 42.5 Å². The molecule has 1 heterocycles. The predicted molar refractivity (Wildman–Crippen MR) is 98.9 cm³/mol. The van der Waals surface area contributed by atoms with Crippen molar-refractivity contribution in [1.82, 2.24) is 9.97 Å². The van der Waals surface area contributed by atoms with Crippen LogP contribution in [0.5, 0.6) is 5.75 Å². The molecule has 25 heavy (non-hydrogen) atoms. The van der Waals surface area contributed by atoms with Crippen molar-refractivity contribution < 1.29 is 9.53 Å². The van der Waals surface area contributed by atoms with Crippen molar-refractivity contribution in [3.8, 4) is 5.75 Å². The number of nitrogens with one attached hydrogen (secondary N) is 2. The van der Waals surface area contributed by atoms with Crippen molar-refractivity contribution in [1.29, 1.82) is 0 Å². The Hall–Kier alpha value is -3.15. The van der Waals surface area contributed by atoms with Crippen LogP contribution in [-0.4, -0.2) is 29.5 Å². The molecule has 0 saturated heterocycles. The molecule has 0 saturated carbocycles. The van der Waals surface area contributed by atoms with Gasteiger partial charge >= 0.3 is 0 Å². The summed E-state index contributed by atoms with van der Waals surface area (Å²) in [6.45, 7) is 0.659. The quantitative estimate of drug-likeness (QED) is 0.646. The van der Waals surface area contributed by atoms with E-state index in [0.717, 1.165) is 28.2 Å². The zero-order valence-corrected chi connectivity index (χ0v) is 14.0. The first-order valence-electron chi connectivity index (χ1n) is 8.14. The molecule has 128 valence electrons. The average Bonchev–Trinajstić information content (AvgIpc) is 2.65. The minimum Gasteiger partial charge on any atom is -0.497 e. The van der Waals surface area contributed by atoms with Crippen molar-refractivity contribution >= 4 is 28.3 Å². The zero-order chi connectivity index (χ0) is 17.5. The lowest BCUT2D eigenvalue weighted by Gasteiger charge is -2.09. The number of fused-ring (bicyclic) bond motifs is 1. The molecular weight excluding hydrogens is 316 g/mol. The van der Waals surface area contributed by atoms with Crippen LogP contribution >= 0.6 is 0 Å². The molecule has 6 nitrogen and oxygen atoms in total. The highest BCUT2D eigenvalue weighted by Crippen LogP contribution is 2.19. The Bertz CT molecular complexity index is 861. The van der Waals surface area contributed by atoms with Crippen LogP contribution < -0.4 is 15.4 Å². The summed E-state index contributed by atoms with van der Waals surface area (Å²) in [4.78, 5) is 20.5. The van der Waals surface area contributed by atoms with Gasteiger partial charge < -0.3 is 15.4 Å².